The number of anilines is 1. The summed E-state index contributed by atoms with van der Waals surface area (Å²) >= 11 is 1.43. The molecule has 1 aromatic carbocycles. The van der Waals surface area contributed by atoms with Gasteiger partial charge in [0.05, 0.1) is 10.9 Å². The molecule has 29 heavy (non-hydrogen) atoms. The van der Waals surface area contributed by atoms with Gasteiger partial charge in [-0.25, -0.2) is 4.79 Å². The van der Waals surface area contributed by atoms with E-state index in [1.54, 1.807) is 7.05 Å². The molecular weight excluding hydrogens is 390 g/mol. The number of rotatable bonds is 4. The summed E-state index contributed by atoms with van der Waals surface area (Å²) in [7, 11) is 1.69. The molecule has 3 rings (SSSR count). The Morgan fingerprint density at radius 1 is 1.31 bits per heavy atom. The van der Waals surface area contributed by atoms with Gasteiger partial charge in [-0.2, -0.15) is 0 Å². The van der Waals surface area contributed by atoms with Crippen LogP contribution in [0.1, 0.15) is 40.0 Å². The van der Waals surface area contributed by atoms with E-state index in [0.717, 1.165) is 23.4 Å². The number of benzene rings is 1. The van der Waals surface area contributed by atoms with E-state index in [1.165, 1.54) is 16.7 Å². The summed E-state index contributed by atoms with van der Waals surface area (Å²) in [6, 6.07) is 7.56. The number of nitrogens with zero attached hydrogens (tertiary/aromatic N) is 2. The maximum Gasteiger partial charge on any atom is 0.410 e. The number of likely N-dealkylation sites (N-methyl/N-ethyl adjacent to an activating group) is 1. The van der Waals surface area contributed by atoms with E-state index in [4.69, 9.17) is 4.74 Å². The molecule has 0 spiro atoms. The largest absolute Gasteiger partial charge is 0.444 e. The summed E-state index contributed by atoms with van der Waals surface area (Å²) < 4.78 is 5.40. The van der Waals surface area contributed by atoms with Crippen LogP contribution >= 0.6 is 11.8 Å². The quantitative estimate of drug-likeness (QED) is 0.810. The molecule has 3 amide bonds. The zero-order valence-corrected chi connectivity index (χ0v) is 18.3. The van der Waals surface area contributed by atoms with Crippen LogP contribution in [0.25, 0.3) is 0 Å². The fraction of sp³-hybridized carbons (Fsp3) is 0.571. The van der Waals surface area contributed by atoms with E-state index >= 15 is 0 Å². The molecule has 2 heterocycles. The highest BCUT2D eigenvalue weighted by atomic mass is 32.2. The average molecular weight is 420 g/mol. The highest BCUT2D eigenvalue weighted by Crippen LogP contribution is 2.37. The summed E-state index contributed by atoms with van der Waals surface area (Å²) in [5.74, 6) is -0.180. The van der Waals surface area contributed by atoms with Crippen LogP contribution < -0.4 is 5.32 Å². The van der Waals surface area contributed by atoms with Crippen LogP contribution in [-0.4, -0.2) is 64.7 Å². The number of para-hydroxylation sites is 1. The van der Waals surface area contributed by atoms with Crippen molar-refractivity contribution >= 4 is 35.4 Å². The first-order valence-corrected chi connectivity index (χ1v) is 10.8. The molecule has 0 aromatic heterocycles. The Bertz CT molecular complexity index is 792. The number of carbonyl (C=O) groups excluding carboxylic acids is 3. The van der Waals surface area contributed by atoms with Crippen LogP contribution in [0.4, 0.5) is 10.5 Å². The van der Waals surface area contributed by atoms with Crippen molar-refractivity contribution in [3.05, 3.63) is 24.3 Å². The SMILES string of the molecule is CN(C[C@@H]1CCCN1C(=O)C[C@@H]1Sc2ccccc2NC1=O)C(=O)OC(C)(C)C. The number of carbonyl (C=O) groups is 3. The molecule has 0 unspecified atom stereocenters. The van der Waals surface area contributed by atoms with Crippen molar-refractivity contribution in [3.63, 3.8) is 0 Å². The van der Waals surface area contributed by atoms with Crippen molar-refractivity contribution in [1.82, 2.24) is 9.80 Å². The third kappa shape index (κ3) is 5.44. The summed E-state index contributed by atoms with van der Waals surface area (Å²) in [6.07, 6.45) is 1.49. The van der Waals surface area contributed by atoms with Crippen molar-refractivity contribution in [3.8, 4) is 0 Å². The van der Waals surface area contributed by atoms with Gasteiger partial charge >= 0.3 is 6.09 Å². The van der Waals surface area contributed by atoms with Gasteiger partial charge in [0.1, 0.15) is 5.60 Å². The molecule has 1 aromatic rings. The minimum Gasteiger partial charge on any atom is -0.444 e. The lowest BCUT2D eigenvalue weighted by atomic mass is 10.2. The van der Waals surface area contributed by atoms with E-state index in [0.29, 0.717) is 13.1 Å². The molecule has 158 valence electrons. The number of nitrogens with one attached hydrogen (secondary N) is 1. The monoisotopic (exact) mass is 419 g/mol. The molecule has 1 N–H and O–H groups in total. The highest BCUT2D eigenvalue weighted by molar-refractivity contribution is 8.01. The zero-order chi connectivity index (χ0) is 21.2. The molecule has 1 fully saturated rings. The average Bonchev–Trinajstić information content (AvgIpc) is 3.09. The van der Waals surface area contributed by atoms with Gasteiger partial charge in [0.2, 0.25) is 11.8 Å². The third-order valence-corrected chi connectivity index (χ3v) is 6.23. The molecule has 0 bridgehead atoms. The van der Waals surface area contributed by atoms with E-state index in [2.05, 4.69) is 5.32 Å². The predicted molar refractivity (Wildman–Crippen MR) is 113 cm³/mol. The fourth-order valence-corrected chi connectivity index (χ4v) is 4.69. The maximum absolute atomic E-state index is 13.0. The molecule has 0 saturated carbocycles. The van der Waals surface area contributed by atoms with Crippen LogP contribution in [0.3, 0.4) is 0 Å². The summed E-state index contributed by atoms with van der Waals surface area (Å²) in [4.78, 5) is 41.9. The van der Waals surface area contributed by atoms with Crippen molar-refractivity contribution in [2.24, 2.45) is 0 Å². The molecule has 2 atom stereocenters. The summed E-state index contributed by atoms with van der Waals surface area (Å²) in [5.41, 5.74) is 0.238. The van der Waals surface area contributed by atoms with Crippen LogP contribution in [0.2, 0.25) is 0 Å². The standard InChI is InChI=1S/C21H29N3O4S/c1-21(2,3)28-20(27)23(4)13-14-8-7-11-24(14)18(25)12-17-19(26)22-15-9-5-6-10-16(15)29-17/h5-6,9-10,14,17H,7-8,11-13H2,1-4H3,(H,22,26)/t14-,17-/m0/s1. The second-order valence-corrected chi connectivity index (χ2v) is 9.78. The summed E-state index contributed by atoms with van der Waals surface area (Å²) in [5, 5.41) is 2.44. The Labute approximate surface area is 176 Å². The van der Waals surface area contributed by atoms with Gasteiger partial charge < -0.3 is 19.9 Å². The van der Waals surface area contributed by atoms with E-state index in [9.17, 15) is 14.4 Å². The second-order valence-electron chi connectivity index (χ2n) is 8.54. The zero-order valence-electron chi connectivity index (χ0n) is 17.4. The molecule has 0 aliphatic carbocycles. The van der Waals surface area contributed by atoms with Gasteiger partial charge in [-0.3, -0.25) is 9.59 Å². The van der Waals surface area contributed by atoms with Gasteiger partial charge in [-0.05, 0) is 45.7 Å². The molecule has 7 nitrogen and oxygen atoms in total. The van der Waals surface area contributed by atoms with Crippen molar-refractivity contribution in [2.75, 3.05) is 25.5 Å². The Balaban J connectivity index is 1.59. The number of fused-ring (bicyclic) bond motifs is 1. The predicted octanol–water partition coefficient (Wildman–Crippen LogP) is 3.35. The molecule has 8 heteroatoms. The maximum atomic E-state index is 13.0. The lowest BCUT2D eigenvalue weighted by molar-refractivity contribution is -0.133. The lowest BCUT2D eigenvalue weighted by Gasteiger charge is -2.31. The fourth-order valence-electron chi connectivity index (χ4n) is 3.59. The summed E-state index contributed by atoms with van der Waals surface area (Å²) in [6.45, 7) is 6.56. The first-order valence-electron chi connectivity index (χ1n) is 9.94. The number of thioether (sulfide) groups is 1. The number of hydrogen-bond acceptors (Lipinski definition) is 5. The molecule has 0 radical (unpaired) electrons. The van der Waals surface area contributed by atoms with Gasteiger partial charge in [-0.15, -0.1) is 11.8 Å². The smallest absolute Gasteiger partial charge is 0.410 e. The number of hydrogen-bond donors (Lipinski definition) is 1. The van der Waals surface area contributed by atoms with Gasteiger partial charge in [0, 0.05) is 37.5 Å². The van der Waals surface area contributed by atoms with Gasteiger partial charge in [0.25, 0.3) is 0 Å². The van der Waals surface area contributed by atoms with E-state index in [1.807, 2.05) is 49.9 Å². The number of likely N-dealkylation sites (tertiary alicyclic amines) is 1. The Hall–Kier alpha value is -2.22. The van der Waals surface area contributed by atoms with Crippen LogP contribution in [0, 0.1) is 0 Å². The minimum absolute atomic E-state index is 0.0443. The van der Waals surface area contributed by atoms with E-state index < -0.39 is 16.9 Å². The normalized spacial score (nSPS) is 21.4. The lowest BCUT2D eigenvalue weighted by Crippen LogP contribution is -2.46. The molecule has 2 aliphatic heterocycles. The Morgan fingerprint density at radius 3 is 2.76 bits per heavy atom. The minimum atomic E-state index is -0.557. The van der Waals surface area contributed by atoms with Crippen LogP contribution in [-0.2, 0) is 14.3 Å². The highest BCUT2D eigenvalue weighted by Gasteiger charge is 2.35. The van der Waals surface area contributed by atoms with Gasteiger partial charge in [0.15, 0.2) is 0 Å². The first-order chi connectivity index (χ1) is 13.6. The number of ether oxygens (including phenoxy) is 1. The topological polar surface area (TPSA) is 79.0 Å². The van der Waals surface area contributed by atoms with Crippen LogP contribution in [0.5, 0.6) is 0 Å². The number of amides is 3. The van der Waals surface area contributed by atoms with Crippen molar-refractivity contribution in [1.29, 1.82) is 0 Å². The Kier molecular flexibility index (Phi) is 6.41. The van der Waals surface area contributed by atoms with Crippen LogP contribution in [0.15, 0.2) is 29.2 Å². The van der Waals surface area contributed by atoms with Gasteiger partial charge in [-0.1, -0.05) is 12.1 Å². The van der Waals surface area contributed by atoms with Crippen molar-refractivity contribution < 1.29 is 19.1 Å². The second kappa shape index (κ2) is 8.65. The molecular formula is C21H29N3O4S. The first kappa shape index (κ1) is 21.5. The molecule has 1 saturated heterocycles. The van der Waals surface area contributed by atoms with E-state index in [-0.39, 0.29) is 24.3 Å². The van der Waals surface area contributed by atoms with Crippen molar-refractivity contribution in [2.45, 2.75) is 61.8 Å². The molecule has 2 aliphatic rings. The Morgan fingerprint density at radius 2 is 2.03 bits per heavy atom. The third-order valence-electron chi connectivity index (χ3n) is 4.95.